The van der Waals surface area contributed by atoms with Crippen molar-refractivity contribution in [2.75, 3.05) is 11.6 Å². The SMILES string of the molecule is CSc1c(F)cc2[nH]ncc2c1-c1ccn2nc(NC(=O)[C@H]3C[C@@H]3F)cc2c1. The second-order valence-electron chi connectivity index (χ2n) is 6.76. The summed E-state index contributed by atoms with van der Waals surface area (Å²) in [4.78, 5) is 12.5. The van der Waals surface area contributed by atoms with Crippen LogP contribution in [0.15, 0.2) is 41.6 Å². The Kier molecular flexibility index (Phi) is 3.87. The van der Waals surface area contributed by atoms with Crippen molar-refractivity contribution in [3.8, 4) is 11.1 Å². The second kappa shape index (κ2) is 6.30. The molecule has 0 unspecified atom stereocenters. The number of aromatic amines is 1. The molecule has 5 rings (SSSR count). The highest BCUT2D eigenvalue weighted by atomic mass is 32.2. The quantitative estimate of drug-likeness (QED) is 0.508. The maximum absolute atomic E-state index is 14.6. The molecule has 2 atom stereocenters. The largest absolute Gasteiger partial charge is 0.309 e. The maximum atomic E-state index is 14.6. The Balaban J connectivity index is 1.58. The van der Waals surface area contributed by atoms with Crippen LogP contribution in [0.4, 0.5) is 14.6 Å². The average Bonchev–Trinajstić information content (AvgIpc) is 3.05. The number of nitrogens with zero attached hydrogens (tertiary/aromatic N) is 3. The number of carbonyl (C=O) groups excluding carboxylic acids is 1. The predicted octanol–water partition coefficient (Wildman–Crippen LogP) is 4.04. The molecule has 1 saturated carbocycles. The number of fused-ring (bicyclic) bond motifs is 2. The number of anilines is 1. The van der Waals surface area contributed by atoms with Crippen LogP contribution in [0, 0.1) is 11.7 Å². The van der Waals surface area contributed by atoms with Crippen LogP contribution in [0.1, 0.15) is 6.42 Å². The Hall–Kier alpha value is -2.94. The zero-order chi connectivity index (χ0) is 19.4. The van der Waals surface area contributed by atoms with Gasteiger partial charge in [0.2, 0.25) is 5.91 Å². The van der Waals surface area contributed by atoms with Gasteiger partial charge in [0.15, 0.2) is 5.82 Å². The smallest absolute Gasteiger partial charge is 0.231 e. The van der Waals surface area contributed by atoms with Crippen LogP contribution in [0.3, 0.4) is 0 Å². The first-order valence-corrected chi connectivity index (χ1v) is 9.92. The van der Waals surface area contributed by atoms with E-state index in [-0.39, 0.29) is 18.1 Å². The Morgan fingerprint density at radius 2 is 2.21 bits per heavy atom. The number of carbonyl (C=O) groups is 1. The number of benzene rings is 1. The molecule has 1 aliphatic rings. The molecule has 1 fully saturated rings. The molecule has 0 aliphatic heterocycles. The minimum atomic E-state index is -1.06. The highest BCUT2D eigenvalue weighted by molar-refractivity contribution is 7.98. The summed E-state index contributed by atoms with van der Waals surface area (Å²) in [5.41, 5.74) is 2.92. The molecule has 0 bridgehead atoms. The zero-order valence-electron chi connectivity index (χ0n) is 14.7. The number of thioether (sulfide) groups is 1. The van der Waals surface area contributed by atoms with E-state index in [2.05, 4.69) is 20.6 Å². The van der Waals surface area contributed by atoms with Gasteiger partial charge < -0.3 is 5.32 Å². The summed E-state index contributed by atoms with van der Waals surface area (Å²) in [5, 5.41) is 14.6. The summed E-state index contributed by atoms with van der Waals surface area (Å²) >= 11 is 1.33. The fraction of sp³-hybridized carbons (Fsp3) is 0.211. The number of rotatable bonds is 4. The van der Waals surface area contributed by atoms with Crippen molar-refractivity contribution in [1.82, 2.24) is 19.8 Å². The molecule has 142 valence electrons. The van der Waals surface area contributed by atoms with Gasteiger partial charge in [0.25, 0.3) is 0 Å². The second-order valence-corrected chi connectivity index (χ2v) is 7.58. The van der Waals surface area contributed by atoms with Gasteiger partial charge in [0.05, 0.1) is 28.0 Å². The van der Waals surface area contributed by atoms with E-state index in [0.717, 1.165) is 22.0 Å². The summed E-state index contributed by atoms with van der Waals surface area (Å²) in [7, 11) is 0. The van der Waals surface area contributed by atoms with Gasteiger partial charge in [0.1, 0.15) is 12.0 Å². The first kappa shape index (κ1) is 17.2. The lowest BCUT2D eigenvalue weighted by atomic mass is 10.0. The van der Waals surface area contributed by atoms with E-state index in [1.165, 1.54) is 17.8 Å². The maximum Gasteiger partial charge on any atom is 0.231 e. The summed E-state index contributed by atoms with van der Waals surface area (Å²) in [6, 6.07) is 6.87. The van der Waals surface area contributed by atoms with Gasteiger partial charge in [-0.05, 0) is 30.4 Å². The normalized spacial score (nSPS) is 18.7. The van der Waals surface area contributed by atoms with E-state index in [0.29, 0.717) is 16.2 Å². The number of hydrogen-bond donors (Lipinski definition) is 2. The van der Waals surface area contributed by atoms with Crippen LogP contribution in [0.2, 0.25) is 0 Å². The molecule has 4 aromatic rings. The van der Waals surface area contributed by atoms with Crippen LogP contribution in [0.25, 0.3) is 27.5 Å². The van der Waals surface area contributed by atoms with Crippen LogP contribution in [0.5, 0.6) is 0 Å². The molecular formula is C19H15F2N5OS. The minimum Gasteiger partial charge on any atom is -0.309 e. The number of pyridine rings is 1. The van der Waals surface area contributed by atoms with Crippen molar-refractivity contribution in [2.24, 2.45) is 5.92 Å². The van der Waals surface area contributed by atoms with E-state index in [9.17, 15) is 13.6 Å². The number of hydrogen-bond acceptors (Lipinski definition) is 4. The third-order valence-corrected chi connectivity index (χ3v) is 5.72. The molecule has 3 heterocycles. The average molecular weight is 399 g/mol. The van der Waals surface area contributed by atoms with E-state index in [1.54, 1.807) is 23.0 Å². The molecule has 1 aliphatic carbocycles. The number of nitrogens with one attached hydrogen (secondary N) is 2. The molecule has 0 radical (unpaired) electrons. The van der Waals surface area contributed by atoms with Gasteiger partial charge in [-0.25, -0.2) is 13.3 Å². The monoisotopic (exact) mass is 399 g/mol. The van der Waals surface area contributed by atoms with E-state index in [1.807, 2.05) is 18.4 Å². The fourth-order valence-corrected chi connectivity index (χ4v) is 4.08. The van der Waals surface area contributed by atoms with Crippen molar-refractivity contribution in [2.45, 2.75) is 17.5 Å². The molecule has 1 aromatic carbocycles. The van der Waals surface area contributed by atoms with E-state index in [4.69, 9.17) is 0 Å². The number of H-pyrrole nitrogens is 1. The highest BCUT2D eigenvalue weighted by Gasteiger charge is 2.43. The Morgan fingerprint density at radius 3 is 2.96 bits per heavy atom. The summed E-state index contributed by atoms with van der Waals surface area (Å²) in [6.07, 6.45) is 4.46. The van der Waals surface area contributed by atoms with Crippen molar-refractivity contribution < 1.29 is 13.6 Å². The molecule has 3 aromatic heterocycles. The number of aromatic nitrogens is 4. The lowest BCUT2D eigenvalue weighted by Crippen LogP contribution is -2.15. The Morgan fingerprint density at radius 1 is 1.39 bits per heavy atom. The number of alkyl halides is 1. The lowest BCUT2D eigenvalue weighted by molar-refractivity contribution is -0.117. The third kappa shape index (κ3) is 2.73. The Labute approximate surface area is 162 Å². The minimum absolute atomic E-state index is 0.265. The van der Waals surface area contributed by atoms with Crippen LogP contribution in [-0.4, -0.2) is 38.1 Å². The van der Waals surface area contributed by atoms with Crippen LogP contribution < -0.4 is 5.32 Å². The molecule has 0 spiro atoms. The molecule has 9 heteroatoms. The van der Waals surface area contributed by atoms with Crippen molar-refractivity contribution >= 4 is 39.9 Å². The standard InChI is InChI=1S/C19H15F2N5OS/c1-28-18-14(21)7-15-12(8-22-24-15)17(18)9-2-3-26-10(4-9)5-16(25-26)23-19(27)11-6-13(11)20/h2-5,7-8,11,13H,6H2,1H3,(H,22,24)(H,23,25,27)/t11-,13-/m0/s1. The molecule has 28 heavy (non-hydrogen) atoms. The van der Waals surface area contributed by atoms with Gasteiger partial charge in [-0.15, -0.1) is 11.8 Å². The van der Waals surface area contributed by atoms with Gasteiger partial charge in [-0.2, -0.15) is 10.2 Å². The third-order valence-electron chi connectivity index (χ3n) is 4.91. The summed E-state index contributed by atoms with van der Waals surface area (Å²) < 4.78 is 29.2. The van der Waals surface area contributed by atoms with E-state index < -0.39 is 12.1 Å². The topological polar surface area (TPSA) is 75.1 Å². The van der Waals surface area contributed by atoms with Crippen LogP contribution >= 0.6 is 11.8 Å². The highest BCUT2D eigenvalue weighted by Crippen LogP contribution is 2.39. The van der Waals surface area contributed by atoms with Crippen molar-refractivity contribution in [3.05, 3.63) is 42.5 Å². The van der Waals surface area contributed by atoms with Gasteiger partial charge in [0, 0.05) is 29.3 Å². The molecular weight excluding hydrogens is 384 g/mol. The molecule has 2 N–H and O–H groups in total. The number of halogens is 2. The zero-order valence-corrected chi connectivity index (χ0v) is 15.6. The lowest BCUT2D eigenvalue weighted by Gasteiger charge is -2.11. The van der Waals surface area contributed by atoms with Gasteiger partial charge in [-0.3, -0.25) is 9.89 Å². The van der Waals surface area contributed by atoms with E-state index >= 15 is 0 Å². The van der Waals surface area contributed by atoms with Gasteiger partial charge >= 0.3 is 0 Å². The fourth-order valence-electron chi connectivity index (χ4n) is 3.39. The van der Waals surface area contributed by atoms with Crippen molar-refractivity contribution in [1.29, 1.82) is 0 Å². The molecule has 1 amide bonds. The van der Waals surface area contributed by atoms with Gasteiger partial charge in [-0.1, -0.05) is 0 Å². The van der Waals surface area contributed by atoms with Crippen LogP contribution in [-0.2, 0) is 4.79 Å². The molecule has 0 saturated heterocycles. The molecule has 6 nitrogen and oxygen atoms in total. The first-order chi connectivity index (χ1) is 13.5. The Bertz CT molecular complexity index is 1230. The summed E-state index contributed by atoms with van der Waals surface area (Å²) in [6.45, 7) is 0. The summed E-state index contributed by atoms with van der Waals surface area (Å²) in [5.74, 6) is -0.887. The predicted molar refractivity (Wildman–Crippen MR) is 104 cm³/mol. The van der Waals surface area contributed by atoms with Crippen molar-refractivity contribution in [3.63, 3.8) is 0 Å². The number of amides is 1. The first-order valence-electron chi connectivity index (χ1n) is 8.69.